The molecule has 33 heavy (non-hydrogen) atoms. The fourth-order valence-corrected chi connectivity index (χ4v) is 3.59. The van der Waals surface area contributed by atoms with Crippen LogP contribution in [0.3, 0.4) is 0 Å². The van der Waals surface area contributed by atoms with Gasteiger partial charge in [0.05, 0.1) is 0 Å². The molecule has 0 unspecified atom stereocenters. The van der Waals surface area contributed by atoms with Crippen molar-refractivity contribution in [3.05, 3.63) is 113 Å². The van der Waals surface area contributed by atoms with E-state index in [0.29, 0.717) is 23.6 Å². The highest BCUT2D eigenvalue weighted by Gasteiger charge is 2.14. The highest BCUT2D eigenvalue weighted by Crippen LogP contribution is 2.31. The van der Waals surface area contributed by atoms with Crippen molar-refractivity contribution in [2.45, 2.75) is 20.5 Å². The van der Waals surface area contributed by atoms with Gasteiger partial charge in [0.25, 0.3) is 5.91 Å². The monoisotopic (exact) mass is 432 g/mol. The normalized spacial score (nSPS) is 11.1. The third-order valence-corrected chi connectivity index (χ3v) is 5.49. The van der Waals surface area contributed by atoms with E-state index < -0.39 is 5.91 Å². The van der Waals surface area contributed by atoms with Crippen LogP contribution in [-0.4, -0.2) is 5.91 Å². The summed E-state index contributed by atoms with van der Waals surface area (Å²) in [7, 11) is 0. The maximum atomic E-state index is 12.9. The van der Waals surface area contributed by atoms with E-state index >= 15 is 0 Å². The number of nitriles is 1. The molecule has 162 valence electrons. The van der Waals surface area contributed by atoms with Gasteiger partial charge in [-0.3, -0.25) is 4.79 Å². The number of para-hydroxylation sites is 1. The number of hydrogen-bond donors (Lipinski definition) is 1. The van der Waals surface area contributed by atoms with Crippen molar-refractivity contribution >= 4 is 28.4 Å². The molecule has 0 aliphatic rings. The van der Waals surface area contributed by atoms with Crippen molar-refractivity contribution in [2.75, 3.05) is 5.32 Å². The summed E-state index contributed by atoms with van der Waals surface area (Å²) in [4.78, 5) is 12.9. The van der Waals surface area contributed by atoms with Crippen LogP contribution in [0.15, 0.2) is 90.5 Å². The maximum Gasteiger partial charge on any atom is 0.266 e. The molecule has 0 aromatic heterocycles. The van der Waals surface area contributed by atoms with Gasteiger partial charge in [-0.05, 0) is 54.0 Å². The van der Waals surface area contributed by atoms with E-state index in [4.69, 9.17) is 4.74 Å². The summed E-state index contributed by atoms with van der Waals surface area (Å²) in [5.41, 5.74) is 4.55. The number of nitrogens with zero attached hydrogens (tertiary/aromatic N) is 1. The zero-order valence-corrected chi connectivity index (χ0v) is 18.6. The molecule has 0 radical (unpaired) electrons. The van der Waals surface area contributed by atoms with Crippen LogP contribution in [0.2, 0.25) is 0 Å². The maximum absolute atomic E-state index is 12.9. The van der Waals surface area contributed by atoms with E-state index in [0.717, 1.165) is 21.9 Å². The quantitative estimate of drug-likeness (QED) is 0.276. The van der Waals surface area contributed by atoms with Gasteiger partial charge < -0.3 is 10.1 Å². The molecule has 0 aliphatic heterocycles. The second-order valence-electron chi connectivity index (χ2n) is 7.91. The molecule has 0 saturated carbocycles. The van der Waals surface area contributed by atoms with Crippen LogP contribution in [0.4, 0.5) is 5.69 Å². The van der Waals surface area contributed by atoms with Gasteiger partial charge in [0.2, 0.25) is 0 Å². The Morgan fingerprint density at radius 3 is 2.42 bits per heavy atom. The van der Waals surface area contributed by atoms with Crippen molar-refractivity contribution in [1.29, 1.82) is 5.26 Å². The zero-order chi connectivity index (χ0) is 23.2. The van der Waals surface area contributed by atoms with E-state index in [1.54, 1.807) is 6.08 Å². The number of ether oxygens (including phenoxy) is 1. The van der Waals surface area contributed by atoms with Gasteiger partial charge >= 0.3 is 0 Å². The topological polar surface area (TPSA) is 62.1 Å². The number of amides is 1. The first-order valence-electron chi connectivity index (χ1n) is 10.7. The molecule has 0 aliphatic carbocycles. The number of fused-ring (bicyclic) bond motifs is 1. The molecule has 1 N–H and O–H groups in total. The van der Waals surface area contributed by atoms with Crippen LogP contribution < -0.4 is 10.1 Å². The van der Waals surface area contributed by atoms with Gasteiger partial charge in [0, 0.05) is 11.3 Å². The Kier molecular flexibility index (Phi) is 6.52. The minimum Gasteiger partial charge on any atom is -0.488 e. The third-order valence-electron chi connectivity index (χ3n) is 5.49. The molecule has 0 bridgehead atoms. The van der Waals surface area contributed by atoms with Crippen LogP contribution in [0.1, 0.15) is 22.3 Å². The number of aryl methyl sites for hydroxylation is 2. The van der Waals surface area contributed by atoms with Gasteiger partial charge in [-0.15, -0.1) is 0 Å². The largest absolute Gasteiger partial charge is 0.488 e. The Labute approximate surface area is 193 Å². The number of hydrogen-bond acceptors (Lipinski definition) is 3. The second-order valence-corrected chi connectivity index (χ2v) is 7.91. The average Bonchev–Trinajstić information content (AvgIpc) is 2.84. The predicted octanol–water partition coefficient (Wildman–Crippen LogP) is 6.58. The molecule has 0 saturated heterocycles. The molecule has 0 fully saturated rings. The van der Waals surface area contributed by atoms with Gasteiger partial charge in [-0.1, -0.05) is 78.4 Å². The first-order valence-corrected chi connectivity index (χ1v) is 10.7. The van der Waals surface area contributed by atoms with Crippen LogP contribution in [0, 0.1) is 25.2 Å². The standard InChI is InChI=1S/C29H24N2O2/c1-20-11-13-22(14-12-20)19-33-28-16-15-23-8-4-5-9-25(23)26(28)17-24(18-30)29(32)31-27-10-6-3-7-21(27)2/h3-17H,19H2,1-2H3,(H,31,32)/b24-17+. The molecule has 1 amide bonds. The van der Waals surface area contributed by atoms with E-state index in [-0.39, 0.29) is 5.57 Å². The average molecular weight is 433 g/mol. The summed E-state index contributed by atoms with van der Waals surface area (Å²) in [6.45, 7) is 4.34. The summed E-state index contributed by atoms with van der Waals surface area (Å²) in [5, 5.41) is 14.5. The fraction of sp³-hybridized carbons (Fsp3) is 0.103. The molecule has 0 atom stereocenters. The molecule has 4 rings (SSSR count). The van der Waals surface area contributed by atoms with E-state index in [1.165, 1.54) is 5.56 Å². The summed E-state index contributed by atoms with van der Waals surface area (Å²) in [5.74, 6) is 0.162. The second kappa shape index (κ2) is 9.84. The lowest BCUT2D eigenvalue weighted by Gasteiger charge is -2.13. The van der Waals surface area contributed by atoms with Crippen molar-refractivity contribution in [1.82, 2.24) is 0 Å². The Morgan fingerprint density at radius 2 is 1.67 bits per heavy atom. The number of carbonyl (C=O) groups is 1. The van der Waals surface area contributed by atoms with Gasteiger partial charge in [-0.25, -0.2) is 0 Å². The molecule has 4 aromatic rings. The lowest BCUT2D eigenvalue weighted by molar-refractivity contribution is -0.112. The Balaban J connectivity index is 1.70. The molecule has 0 heterocycles. The summed E-state index contributed by atoms with van der Waals surface area (Å²) in [6, 6.07) is 29.4. The number of anilines is 1. The van der Waals surface area contributed by atoms with E-state index in [9.17, 15) is 10.1 Å². The molecular weight excluding hydrogens is 408 g/mol. The van der Waals surface area contributed by atoms with Gasteiger partial charge in [0.15, 0.2) is 0 Å². The molecular formula is C29H24N2O2. The molecule has 4 nitrogen and oxygen atoms in total. The highest BCUT2D eigenvalue weighted by atomic mass is 16.5. The minimum absolute atomic E-state index is 0.00907. The van der Waals surface area contributed by atoms with Crippen LogP contribution >= 0.6 is 0 Å². The minimum atomic E-state index is -0.454. The van der Waals surface area contributed by atoms with Crippen LogP contribution in [0.25, 0.3) is 16.8 Å². The van der Waals surface area contributed by atoms with Crippen molar-refractivity contribution < 1.29 is 9.53 Å². The Bertz CT molecular complexity index is 1380. The lowest BCUT2D eigenvalue weighted by atomic mass is 10.0. The van der Waals surface area contributed by atoms with Crippen molar-refractivity contribution in [3.63, 3.8) is 0 Å². The molecule has 4 heteroatoms. The summed E-state index contributed by atoms with van der Waals surface area (Å²) in [6.07, 6.45) is 1.61. The zero-order valence-electron chi connectivity index (χ0n) is 18.6. The molecule has 4 aromatic carbocycles. The first-order chi connectivity index (χ1) is 16.0. The van der Waals surface area contributed by atoms with Crippen molar-refractivity contribution in [2.24, 2.45) is 0 Å². The van der Waals surface area contributed by atoms with Gasteiger partial charge in [0.1, 0.15) is 24.0 Å². The fourth-order valence-electron chi connectivity index (χ4n) is 3.59. The van der Waals surface area contributed by atoms with Crippen LogP contribution in [-0.2, 0) is 11.4 Å². The SMILES string of the molecule is Cc1ccc(COc2ccc3ccccc3c2/C=C(\C#N)C(=O)Nc2ccccc2C)cc1. The Morgan fingerprint density at radius 1 is 0.939 bits per heavy atom. The number of rotatable bonds is 6. The Hall–Kier alpha value is -4.36. The van der Waals surface area contributed by atoms with Gasteiger partial charge in [-0.2, -0.15) is 5.26 Å². The third kappa shape index (κ3) is 5.11. The first kappa shape index (κ1) is 21.9. The lowest BCUT2D eigenvalue weighted by Crippen LogP contribution is -2.14. The summed E-state index contributed by atoms with van der Waals surface area (Å²) >= 11 is 0. The number of carbonyl (C=O) groups excluding carboxylic acids is 1. The highest BCUT2D eigenvalue weighted by molar-refractivity contribution is 6.11. The van der Waals surface area contributed by atoms with E-state index in [2.05, 4.69) is 11.4 Å². The predicted molar refractivity (Wildman–Crippen MR) is 133 cm³/mol. The van der Waals surface area contributed by atoms with Crippen LogP contribution in [0.5, 0.6) is 5.75 Å². The van der Waals surface area contributed by atoms with Crippen molar-refractivity contribution in [3.8, 4) is 11.8 Å². The smallest absolute Gasteiger partial charge is 0.266 e. The summed E-state index contributed by atoms with van der Waals surface area (Å²) < 4.78 is 6.15. The van der Waals surface area contributed by atoms with E-state index in [1.807, 2.05) is 98.8 Å². The number of benzene rings is 4. The number of nitrogens with one attached hydrogen (secondary N) is 1. The molecule has 0 spiro atoms.